The Labute approximate surface area is 126 Å². The molecule has 0 saturated heterocycles. The Morgan fingerprint density at radius 3 is 2.95 bits per heavy atom. The topological polar surface area (TPSA) is 38.1 Å². The Bertz CT molecular complexity index is 721. The molecular formula is C14H11Cl2N3O. The maximum atomic E-state index is 12.5. The normalized spacial score (nSPS) is 14.3. The van der Waals surface area contributed by atoms with Crippen LogP contribution in [0.2, 0.25) is 5.02 Å². The number of nitrogens with zero attached hydrogens (tertiary/aromatic N) is 3. The minimum absolute atomic E-state index is 0.112. The summed E-state index contributed by atoms with van der Waals surface area (Å²) in [5, 5.41) is 0.637. The van der Waals surface area contributed by atoms with Gasteiger partial charge in [0.15, 0.2) is 0 Å². The Morgan fingerprint density at radius 2 is 2.20 bits per heavy atom. The van der Waals surface area contributed by atoms with Crippen LogP contribution >= 0.6 is 23.2 Å². The molecule has 0 unspecified atom stereocenters. The number of carbonyl (C=O) groups excluding carboxylic acids is 1. The third-order valence-electron chi connectivity index (χ3n) is 3.31. The first kappa shape index (κ1) is 13.2. The molecule has 1 aromatic carbocycles. The molecular weight excluding hydrogens is 297 g/mol. The molecule has 3 rings (SSSR count). The van der Waals surface area contributed by atoms with Crippen LogP contribution in [0, 0.1) is 0 Å². The van der Waals surface area contributed by atoms with Crippen LogP contribution in [0.5, 0.6) is 0 Å². The molecule has 2 aromatic rings. The number of halogens is 2. The van der Waals surface area contributed by atoms with Crippen molar-refractivity contribution in [2.45, 2.75) is 6.54 Å². The number of amides is 1. The number of imidazole rings is 1. The van der Waals surface area contributed by atoms with E-state index in [1.165, 1.54) is 5.54 Å². The summed E-state index contributed by atoms with van der Waals surface area (Å²) in [4.78, 5) is 18.4. The molecule has 20 heavy (non-hydrogen) atoms. The Morgan fingerprint density at radius 1 is 1.40 bits per heavy atom. The molecule has 0 spiro atoms. The first-order chi connectivity index (χ1) is 9.63. The van der Waals surface area contributed by atoms with E-state index in [9.17, 15) is 4.79 Å². The molecule has 0 bridgehead atoms. The van der Waals surface area contributed by atoms with Crippen molar-refractivity contribution in [2.75, 3.05) is 7.05 Å². The Balaban J connectivity index is 2.33. The van der Waals surface area contributed by atoms with E-state index in [0.29, 0.717) is 23.0 Å². The SMILES string of the molecule is CN1Cc2c(Cl)cccc2-n2cnc(C=CCl)c2C1=O. The Kier molecular flexibility index (Phi) is 3.28. The third kappa shape index (κ3) is 1.92. The highest BCUT2D eigenvalue weighted by Gasteiger charge is 2.27. The maximum absolute atomic E-state index is 12.5. The highest BCUT2D eigenvalue weighted by molar-refractivity contribution is 6.31. The molecule has 0 fully saturated rings. The second kappa shape index (κ2) is 4.96. The van der Waals surface area contributed by atoms with Crippen LogP contribution in [0.25, 0.3) is 11.8 Å². The summed E-state index contributed by atoms with van der Waals surface area (Å²) in [6.07, 6.45) is 3.22. The maximum Gasteiger partial charge on any atom is 0.273 e. The van der Waals surface area contributed by atoms with Gasteiger partial charge in [-0.2, -0.15) is 0 Å². The lowest BCUT2D eigenvalue weighted by molar-refractivity contribution is 0.0782. The Hall–Kier alpha value is -1.78. The number of hydrogen-bond acceptors (Lipinski definition) is 2. The fraction of sp³-hybridized carbons (Fsp3) is 0.143. The lowest BCUT2D eigenvalue weighted by atomic mass is 10.1. The van der Waals surface area contributed by atoms with Gasteiger partial charge >= 0.3 is 0 Å². The average Bonchev–Trinajstić information content (AvgIpc) is 2.79. The second-order valence-corrected chi connectivity index (χ2v) is 5.20. The average molecular weight is 308 g/mol. The fourth-order valence-corrected chi connectivity index (χ4v) is 2.71. The molecule has 1 aliphatic rings. The van der Waals surface area contributed by atoms with Gasteiger partial charge in [-0.15, -0.1) is 0 Å². The van der Waals surface area contributed by atoms with Gasteiger partial charge in [0.25, 0.3) is 5.91 Å². The highest BCUT2D eigenvalue weighted by atomic mass is 35.5. The van der Waals surface area contributed by atoms with E-state index in [2.05, 4.69) is 4.98 Å². The second-order valence-electron chi connectivity index (χ2n) is 4.54. The summed E-state index contributed by atoms with van der Waals surface area (Å²) in [6, 6.07) is 5.60. The standard InChI is InChI=1S/C14H11Cl2N3O/c1-18-7-9-10(16)3-2-4-12(9)19-8-17-11(5-6-15)13(19)14(18)20/h2-6,8H,7H2,1H3. The van der Waals surface area contributed by atoms with Gasteiger partial charge in [-0.1, -0.05) is 29.3 Å². The predicted octanol–water partition coefficient (Wildman–Crippen LogP) is 3.32. The van der Waals surface area contributed by atoms with Crippen molar-refractivity contribution >= 4 is 35.2 Å². The van der Waals surface area contributed by atoms with Crippen LogP contribution in [-0.2, 0) is 6.54 Å². The van der Waals surface area contributed by atoms with Crippen LogP contribution in [0.15, 0.2) is 30.1 Å². The minimum Gasteiger partial charge on any atom is -0.336 e. The van der Waals surface area contributed by atoms with Crippen molar-refractivity contribution in [1.82, 2.24) is 14.5 Å². The van der Waals surface area contributed by atoms with Crippen molar-refractivity contribution in [1.29, 1.82) is 0 Å². The van der Waals surface area contributed by atoms with Gasteiger partial charge in [0.05, 0.1) is 11.4 Å². The fourth-order valence-electron chi connectivity index (χ4n) is 2.36. The third-order valence-corrected chi connectivity index (χ3v) is 3.79. The number of hydrogen-bond donors (Lipinski definition) is 0. The largest absolute Gasteiger partial charge is 0.336 e. The van der Waals surface area contributed by atoms with Crippen LogP contribution < -0.4 is 0 Å². The predicted molar refractivity (Wildman–Crippen MR) is 79.3 cm³/mol. The van der Waals surface area contributed by atoms with E-state index in [1.54, 1.807) is 28.9 Å². The quantitative estimate of drug-likeness (QED) is 0.810. The molecule has 1 amide bonds. The van der Waals surface area contributed by atoms with E-state index in [1.807, 2.05) is 18.2 Å². The molecule has 4 nitrogen and oxygen atoms in total. The first-order valence-electron chi connectivity index (χ1n) is 6.01. The van der Waals surface area contributed by atoms with Crippen LogP contribution in [0.1, 0.15) is 21.7 Å². The van der Waals surface area contributed by atoms with Gasteiger partial charge in [0.1, 0.15) is 12.0 Å². The van der Waals surface area contributed by atoms with Gasteiger partial charge in [-0.05, 0) is 18.2 Å². The summed E-state index contributed by atoms with van der Waals surface area (Å²) in [7, 11) is 1.74. The molecule has 0 radical (unpaired) electrons. The lowest BCUT2D eigenvalue weighted by Gasteiger charge is -2.15. The highest BCUT2D eigenvalue weighted by Crippen LogP contribution is 2.30. The van der Waals surface area contributed by atoms with E-state index >= 15 is 0 Å². The van der Waals surface area contributed by atoms with Crippen molar-refractivity contribution in [3.63, 3.8) is 0 Å². The molecule has 0 N–H and O–H groups in total. The summed E-state index contributed by atoms with van der Waals surface area (Å²) in [5.74, 6) is -0.112. The van der Waals surface area contributed by atoms with Gasteiger partial charge < -0.3 is 4.90 Å². The van der Waals surface area contributed by atoms with Gasteiger partial charge in [-0.25, -0.2) is 4.98 Å². The van der Waals surface area contributed by atoms with Crippen molar-refractivity contribution in [3.05, 3.63) is 52.0 Å². The van der Waals surface area contributed by atoms with Gasteiger partial charge in [0.2, 0.25) is 0 Å². The van der Waals surface area contributed by atoms with E-state index in [0.717, 1.165) is 11.3 Å². The smallest absolute Gasteiger partial charge is 0.273 e. The molecule has 1 aromatic heterocycles. The van der Waals surface area contributed by atoms with Crippen molar-refractivity contribution in [2.24, 2.45) is 0 Å². The zero-order valence-corrected chi connectivity index (χ0v) is 12.2. The van der Waals surface area contributed by atoms with Crippen LogP contribution in [-0.4, -0.2) is 27.4 Å². The number of benzene rings is 1. The summed E-state index contributed by atoms with van der Waals surface area (Å²) >= 11 is 11.9. The molecule has 2 heterocycles. The zero-order chi connectivity index (χ0) is 14.3. The lowest BCUT2D eigenvalue weighted by Crippen LogP contribution is -2.26. The van der Waals surface area contributed by atoms with Gasteiger partial charge in [0, 0.05) is 29.7 Å². The van der Waals surface area contributed by atoms with Crippen molar-refractivity contribution < 1.29 is 4.79 Å². The molecule has 6 heteroatoms. The number of carbonyl (C=O) groups is 1. The summed E-state index contributed by atoms with van der Waals surface area (Å²) in [5.41, 5.74) is 4.16. The monoisotopic (exact) mass is 307 g/mol. The number of aromatic nitrogens is 2. The number of fused-ring (bicyclic) bond motifs is 3. The first-order valence-corrected chi connectivity index (χ1v) is 6.82. The number of rotatable bonds is 1. The van der Waals surface area contributed by atoms with Crippen molar-refractivity contribution in [3.8, 4) is 5.69 Å². The van der Waals surface area contributed by atoms with Gasteiger partial charge in [-0.3, -0.25) is 9.36 Å². The van der Waals surface area contributed by atoms with Crippen LogP contribution in [0.3, 0.4) is 0 Å². The molecule has 1 aliphatic heterocycles. The molecule has 102 valence electrons. The summed E-state index contributed by atoms with van der Waals surface area (Å²) in [6.45, 7) is 0.458. The zero-order valence-electron chi connectivity index (χ0n) is 10.7. The summed E-state index contributed by atoms with van der Waals surface area (Å²) < 4.78 is 1.76. The van der Waals surface area contributed by atoms with Crippen LogP contribution in [0.4, 0.5) is 0 Å². The molecule has 0 saturated carbocycles. The molecule has 0 atom stereocenters. The molecule has 0 aliphatic carbocycles. The van der Waals surface area contributed by atoms with E-state index in [-0.39, 0.29) is 5.91 Å². The van der Waals surface area contributed by atoms with E-state index < -0.39 is 0 Å². The minimum atomic E-state index is -0.112. The van der Waals surface area contributed by atoms with E-state index in [4.69, 9.17) is 23.2 Å².